The van der Waals surface area contributed by atoms with E-state index < -0.39 is 5.60 Å². The number of aliphatic hydroxyl groups is 1. The van der Waals surface area contributed by atoms with Gasteiger partial charge in [0.1, 0.15) is 6.04 Å². The number of nitrogens with zero attached hydrogens (tertiary/aromatic N) is 3. The highest BCUT2D eigenvalue weighted by atomic mass is 16.3. The summed E-state index contributed by atoms with van der Waals surface area (Å²) >= 11 is 0. The summed E-state index contributed by atoms with van der Waals surface area (Å²) in [6.07, 6.45) is 13.8. The summed E-state index contributed by atoms with van der Waals surface area (Å²) in [6, 6.07) is -0.264. The lowest BCUT2D eigenvalue weighted by Gasteiger charge is -2.57. The molecule has 29 heavy (non-hydrogen) atoms. The van der Waals surface area contributed by atoms with Crippen LogP contribution in [0.3, 0.4) is 0 Å². The summed E-state index contributed by atoms with van der Waals surface area (Å²) < 4.78 is 0. The van der Waals surface area contributed by atoms with Gasteiger partial charge >= 0.3 is 0 Å². The topological polar surface area (TPSA) is 68.0 Å². The van der Waals surface area contributed by atoms with Crippen molar-refractivity contribution in [2.45, 2.75) is 90.2 Å². The number of hydrogen-bond acceptors (Lipinski definition) is 4. The summed E-state index contributed by atoms with van der Waals surface area (Å²) in [5.41, 5.74) is -0.300. The molecule has 0 bridgehead atoms. The molecule has 4 aliphatic rings. The fourth-order valence-electron chi connectivity index (χ4n) is 8.38. The lowest BCUT2D eigenvalue weighted by molar-refractivity contribution is -0.135. The van der Waals surface area contributed by atoms with Crippen LogP contribution in [0.25, 0.3) is 0 Å². The highest BCUT2D eigenvalue weighted by Gasteiger charge is 2.59. The van der Waals surface area contributed by atoms with Gasteiger partial charge in [0.15, 0.2) is 5.78 Å². The van der Waals surface area contributed by atoms with Gasteiger partial charge in [-0.2, -0.15) is 15.0 Å². The molecule has 5 nitrogen and oxygen atoms in total. The average molecular weight is 400 g/mol. The van der Waals surface area contributed by atoms with E-state index in [0.717, 1.165) is 37.0 Å². The molecular weight excluding hydrogens is 362 g/mol. The third kappa shape index (κ3) is 3.10. The Morgan fingerprint density at radius 2 is 1.72 bits per heavy atom. The van der Waals surface area contributed by atoms with E-state index in [2.05, 4.69) is 17.1 Å². The predicted octanol–water partition coefficient (Wildman–Crippen LogP) is 4.43. The molecular formula is C24H37N3O2. The van der Waals surface area contributed by atoms with Crippen molar-refractivity contribution in [2.75, 3.05) is 0 Å². The maximum atomic E-state index is 13.4. The zero-order valence-corrected chi connectivity index (χ0v) is 18.3. The Labute approximate surface area is 174 Å². The van der Waals surface area contributed by atoms with Gasteiger partial charge in [-0.1, -0.05) is 6.92 Å². The van der Waals surface area contributed by atoms with Crippen molar-refractivity contribution in [1.29, 1.82) is 0 Å². The number of aromatic nitrogens is 3. The third-order valence-corrected chi connectivity index (χ3v) is 9.78. The van der Waals surface area contributed by atoms with Gasteiger partial charge in [0, 0.05) is 5.92 Å². The molecule has 160 valence electrons. The first-order chi connectivity index (χ1) is 13.8. The summed E-state index contributed by atoms with van der Waals surface area (Å²) in [6.45, 7) is 6.42. The Bertz CT molecular complexity index is 760. The average Bonchev–Trinajstić information content (AvgIpc) is 3.33. The van der Waals surface area contributed by atoms with Crippen molar-refractivity contribution in [3.63, 3.8) is 0 Å². The second-order valence-corrected chi connectivity index (χ2v) is 11.3. The predicted molar refractivity (Wildman–Crippen MR) is 111 cm³/mol. The first-order valence-corrected chi connectivity index (χ1v) is 11.9. The van der Waals surface area contributed by atoms with Crippen LogP contribution in [-0.4, -0.2) is 31.5 Å². The van der Waals surface area contributed by atoms with Crippen molar-refractivity contribution in [3.05, 3.63) is 12.4 Å². The van der Waals surface area contributed by atoms with Gasteiger partial charge in [0.05, 0.1) is 18.0 Å². The van der Waals surface area contributed by atoms with Crippen molar-refractivity contribution >= 4 is 5.78 Å². The third-order valence-electron chi connectivity index (χ3n) is 9.78. The molecule has 5 heteroatoms. The van der Waals surface area contributed by atoms with Gasteiger partial charge in [-0.25, -0.2) is 0 Å². The Morgan fingerprint density at radius 3 is 2.48 bits per heavy atom. The normalized spacial score (nSPS) is 47.7. The van der Waals surface area contributed by atoms with Gasteiger partial charge < -0.3 is 5.11 Å². The first kappa shape index (κ1) is 19.7. The molecule has 9 atom stereocenters. The van der Waals surface area contributed by atoms with Crippen molar-refractivity contribution in [2.24, 2.45) is 40.9 Å². The Balaban J connectivity index is 1.34. The molecule has 0 spiro atoms. The van der Waals surface area contributed by atoms with Gasteiger partial charge in [0.2, 0.25) is 0 Å². The fourth-order valence-corrected chi connectivity index (χ4v) is 8.38. The van der Waals surface area contributed by atoms with Gasteiger partial charge in [-0.05, 0) is 107 Å². The van der Waals surface area contributed by atoms with Crippen LogP contribution in [0.2, 0.25) is 0 Å². The van der Waals surface area contributed by atoms with Gasteiger partial charge in [-0.3, -0.25) is 4.79 Å². The lowest BCUT2D eigenvalue weighted by atomic mass is 9.49. The molecule has 0 aliphatic heterocycles. The van der Waals surface area contributed by atoms with Gasteiger partial charge in [-0.15, -0.1) is 0 Å². The first-order valence-electron chi connectivity index (χ1n) is 11.9. The molecule has 4 saturated carbocycles. The van der Waals surface area contributed by atoms with E-state index in [1.165, 1.54) is 38.5 Å². The van der Waals surface area contributed by atoms with Crippen LogP contribution in [0.15, 0.2) is 12.4 Å². The number of ketones is 1. The standard InChI is InChI=1S/C24H37N3O2/c1-15(27-25-12-13-26-27)22(28)21-7-6-20-19-5-4-16-14-23(2,29)10-8-17(16)18(19)9-11-24(20,21)3/h12-13,15-21,29H,4-11,14H2,1-3H3/t15-,16?,17?,18?,19?,20?,21?,23-,24+/m1/s1. The molecule has 1 heterocycles. The molecule has 0 saturated heterocycles. The molecule has 5 rings (SSSR count). The maximum Gasteiger partial charge on any atom is 0.162 e. The lowest BCUT2D eigenvalue weighted by Crippen LogP contribution is -2.51. The molecule has 4 fully saturated rings. The smallest absolute Gasteiger partial charge is 0.162 e. The maximum absolute atomic E-state index is 13.4. The van der Waals surface area contributed by atoms with Crippen LogP contribution in [0.1, 0.15) is 84.6 Å². The van der Waals surface area contributed by atoms with E-state index in [0.29, 0.717) is 17.6 Å². The van der Waals surface area contributed by atoms with Gasteiger partial charge in [0.25, 0.3) is 0 Å². The fraction of sp³-hybridized carbons (Fsp3) is 0.875. The summed E-state index contributed by atoms with van der Waals surface area (Å²) in [4.78, 5) is 15.0. The molecule has 1 aromatic heterocycles. The number of carbonyl (C=O) groups is 1. The molecule has 0 amide bonds. The van der Waals surface area contributed by atoms with Crippen molar-refractivity contribution < 1.29 is 9.90 Å². The van der Waals surface area contributed by atoms with E-state index in [4.69, 9.17) is 0 Å². The largest absolute Gasteiger partial charge is 0.390 e. The minimum atomic E-state index is -0.446. The molecule has 6 unspecified atom stereocenters. The van der Waals surface area contributed by atoms with Crippen molar-refractivity contribution in [3.8, 4) is 0 Å². The van der Waals surface area contributed by atoms with Crippen LogP contribution in [-0.2, 0) is 4.79 Å². The van der Waals surface area contributed by atoms with E-state index in [9.17, 15) is 9.90 Å². The van der Waals surface area contributed by atoms with E-state index >= 15 is 0 Å². The van der Waals surface area contributed by atoms with Crippen LogP contribution >= 0.6 is 0 Å². The van der Waals surface area contributed by atoms with E-state index in [-0.39, 0.29) is 17.4 Å². The number of Topliss-reactive ketones (excluding diaryl/α,β-unsaturated/α-hetero) is 1. The van der Waals surface area contributed by atoms with Crippen LogP contribution in [0.5, 0.6) is 0 Å². The molecule has 1 aromatic rings. The minimum absolute atomic E-state index is 0.145. The van der Waals surface area contributed by atoms with Crippen LogP contribution < -0.4 is 0 Å². The molecule has 0 aromatic carbocycles. The SMILES string of the molecule is C[C@H](C(=O)C1CCC2C3CCC4C[C@](C)(O)CCC4C3CC[C@]12C)n1nccn1. The Hall–Kier alpha value is -1.23. The Kier molecular flexibility index (Phi) is 4.69. The summed E-state index contributed by atoms with van der Waals surface area (Å²) in [5, 5.41) is 19.0. The van der Waals surface area contributed by atoms with E-state index in [1.54, 1.807) is 17.2 Å². The Morgan fingerprint density at radius 1 is 1.00 bits per heavy atom. The monoisotopic (exact) mass is 399 g/mol. The highest BCUT2D eigenvalue weighted by molar-refractivity contribution is 5.85. The second kappa shape index (κ2) is 6.90. The zero-order valence-electron chi connectivity index (χ0n) is 18.3. The van der Waals surface area contributed by atoms with Crippen LogP contribution in [0, 0.1) is 40.9 Å². The highest BCUT2D eigenvalue weighted by Crippen LogP contribution is 2.65. The summed E-state index contributed by atoms with van der Waals surface area (Å²) in [7, 11) is 0. The van der Waals surface area contributed by atoms with Crippen LogP contribution in [0.4, 0.5) is 0 Å². The second-order valence-electron chi connectivity index (χ2n) is 11.3. The van der Waals surface area contributed by atoms with E-state index in [1.807, 2.05) is 13.8 Å². The number of hydrogen-bond donors (Lipinski definition) is 1. The summed E-state index contributed by atoms with van der Waals surface area (Å²) in [5.74, 6) is 4.31. The molecule has 0 radical (unpaired) electrons. The quantitative estimate of drug-likeness (QED) is 0.816. The molecule has 1 N–H and O–H groups in total. The van der Waals surface area contributed by atoms with Crippen molar-refractivity contribution in [1.82, 2.24) is 15.0 Å². The number of rotatable bonds is 3. The number of carbonyl (C=O) groups excluding carboxylic acids is 1. The zero-order chi connectivity index (χ0) is 20.4. The minimum Gasteiger partial charge on any atom is -0.390 e. The number of fused-ring (bicyclic) bond motifs is 5. The molecule has 4 aliphatic carbocycles.